The summed E-state index contributed by atoms with van der Waals surface area (Å²) < 4.78 is 0. The molecule has 0 radical (unpaired) electrons. The van der Waals surface area contributed by atoms with Gasteiger partial charge >= 0.3 is 0 Å². The summed E-state index contributed by atoms with van der Waals surface area (Å²) >= 11 is 0. The molecule has 6 atom stereocenters. The van der Waals surface area contributed by atoms with Gasteiger partial charge in [0.05, 0.1) is 17.3 Å². The molecule has 0 bridgehead atoms. The number of aromatic hydroxyl groups is 1. The van der Waals surface area contributed by atoms with Gasteiger partial charge in [-0.05, 0) is 72.1 Å². The van der Waals surface area contributed by atoms with Gasteiger partial charge in [-0.25, -0.2) is 0 Å². The van der Waals surface area contributed by atoms with E-state index in [1.807, 2.05) is 91.0 Å². The highest BCUT2D eigenvalue weighted by Gasteiger charge is 2.66. The Bertz CT molecular complexity index is 2140. The maximum atomic E-state index is 15.1. The molecule has 53 heavy (non-hydrogen) atoms. The third-order valence-electron chi connectivity index (χ3n) is 12.8. The van der Waals surface area contributed by atoms with E-state index in [0.29, 0.717) is 17.6 Å². The van der Waals surface area contributed by atoms with Crippen LogP contribution in [0.4, 0.5) is 0 Å². The molecule has 2 amide bonds. The van der Waals surface area contributed by atoms with Crippen molar-refractivity contribution in [2.75, 3.05) is 13.1 Å². The number of hydrogen-bond donors (Lipinski definition) is 1. The van der Waals surface area contributed by atoms with Gasteiger partial charge in [-0.15, -0.1) is 0 Å². The number of likely N-dealkylation sites (tertiary alicyclic amines) is 2. The van der Waals surface area contributed by atoms with E-state index in [2.05, 4.69) is 23.1 Å². The van der Waals surface area contributed by atoms with Crippen LogP contribution in [0.25, 0.3) is 5.57 Å². The molecule has 7 heteroatoms. The molecule has 1 saturated carbocycles. The predicted octanol–water partition coefficient (Wildman–Crippen LogP) is 6.88. The summed E-state index contributed by atoms with van der Waals surface area (Å²) in [7, 11) is 0. The number of benzene rings is 4. The van der Waals surface area contributed by atoms with E-state index in [-0.39, 0.29) is 41.6 Å². The maximum absolute atomic E-state index is 15.1. The molecule has 0 aromatic heterocycles. The third-order valence-corrected chi connectivity index (χ3v) is 12.8. The van der Waals surface area contributed by atoms with Gasteiger partial charge in [-0.1, -0.05) is 115 Å². The first-order valence-corrected chi connectivity index (χ1v) is 18.9. The highest BCUT2D eigenvalue weighted by molar-refractivity contribution is 6.31. The van der Waals surface area contributed by atoms with Gasteiger partial charge in [-0.3, -0.25) is 29.0 Å². The number of carbonyl (C=O) groups is 4. The van der Waals surface area contributed by atoms with E-state index in [9.17, 15) is 14.7 Å². The standard InChI is InChI=1S/C46H42N2O5/c49-34-18-16-31(17-19-34)42-35-20-21-36-41(45(53)48(44(36)52)33-22-24-47(25-23-33)28-29-10-4-1-5-11-29)38(35)26-39-43(51)37(30-12-6-2-7-13-30)27-40(50)46(39,42)32-14-8-3-9-15-32/h1-20,27,33,36,38-39,41-42,49H,21-26,28H2/t36-,38+,39-,41-,42-,46-/m0/s1. The van der Waals surface area contributed by atoms with Crippen molar-refractivity contribution in [3.05, 3.63) is 155 Å². The van der Waals surface area contributed by atoms with Crippen LogP contribution in [0.5, 0.6) is 5.75 Å². The Morgan fingerprint density at radius 2 is 1.36 bits per heavy atom. The van der Waals surface area contributed by atoms with Crippen LogP contribution in [0.1, 0.15) is 53.9 Å². The Hall–Kier alpha value is -5.40. The number of amides is 2. The Labute approximate surface area is 309 Å². The fraction of sp³-hybridized carbons (Fsp3) is 0.304. The van der Waals surface area contributed by atoms with Crippen molar-refractivity contribution in [1.82, 2.24) is 9.80 Å². The van der Waals surface area contributed by atoms with Crippen molar-refractivity contribution in [2.45, 2.75) is 49.6 Å². The molecule has 3 fully saturated rings. The number of phenolic OH excluding ortho intramolecular Hbond substituents is 1. The summed E-state index contributed by atoms with van der Waals surface area (Å²) in [5.74, 6) is -3.28. The summed E-state index contributed by atoms with van der Waals surface area (Å²) in [5, 5.41) is 10.4. The topological polar surface area (TPSA) is 95.0 Å². The van der Waals surface area contributed by atoms with Crippen molar-refractivity contribution in [3.63, 3.8) is 0 Å². The summed E-state index contributed by atoms with van der Waals surface area (Å²) in [6.45, 7) is 2.44. The molecule has 4 aromatic rings. The average Bonchev–Trinajstić information content (AvgIpc) is 3.46. The molecule has 2 saturated heterocycles. The van der Waals surface area contributed by atoms with E-state index in [1.165, 1.54) is 11.6 Å². The number of allylic oxidation sites excluding steroid dienone is 4. The van der Waals surface area contributed by atoms with Gasteiger partial charge in [0, 0.05) is 43.1 Å². The fourth-order valence-corrected chi connectivity index (χ4v) is 10.5. The zero-order valence-electron chi connectivity index (χ0n) is 29.5. The average molecular weight is 703 g/mol. The largest absolute Gasteiger partial charge is 0.508 e. The van der Waals surface area contributed by atoms with Crippen LogP contribution in [0.2, 0.25) is 0 Å². The smallest absolute Gasteiger partial charge is 0.233 e. The molecule has 1 N–H and O–H groups in total. The van der Waals surface area contributed by atoms with Gasteiger partial charge in [0.25, 0.3) is 0 Å². The Morgan fingerprint density at radius 3 is 2.04 bits per heavy atom. The minimum absolute atomic E-state index is 0.100. The van der Waals surface area contributed by atoms with E-state index in [0.717, 1.165) is 49.2 Å². The lowest BCUT2D eigenvalue weighted by Crippen LogP contribution is -2.58. The first-order valence-electron chi connectivity index (χ1n) is 18.9. The van der Waals surface area contributed by atoms with E-state index in [1.54, 1.807) is 17.0 Å². The second kappa shape index (κ2) is 13.2. The molecule has 3 aliphatic carbocycles. The molecule has 0 unspecified atom stereocenters. The van der Waals surface area contributed by atoms with Crippen molar-refractivity contribution >= 4 is 29.0 Å². The van der Waals surface area contributed by atoms with Gasteiger partial charge in [0.1, 0.15) is 5.75 Å². The van der Waals surface area contributed by atoms with E-state index >= 15 is 9.59 Å². The molecule has 2 heterocycles. The maximum Gasteiger partial charge on any atom is 0.233 e. The number of fused-ring (bicyclic) bond motifs is 4. The zero-order chi connectivity index (χ0) is 36.3. The zero-order valence-corrected chi connectivity index (χ0v) is 29.5. The SMILES string of the molecule is O=C1C(c2ccccc2)=CC(=O)[C@@]2(c3ccccc3)[C@@H](c3ccc(O)cc3)C3=CC[C@@H]4C(=O)N(C5CCN(Cc6ccccc6)CC5)C(=O)[C@@H]4[C@@H]3C[C@@H]12. The summed E-state index contributed by atoms with van der Waals surface area (Å²) in [6, 6.07) is 36.0. The number of imide groups is 1. The molecular formula is C46H42N2O5. The number of Topliss-reactive ketones (excluding diaryl/α,β-unsaturated/α-hetero) is 1. The number of carbonyl (C=O) groups excluding carboxylic acids is 4. The first kappa shape index (κ1) is 33.4. The highest BCUT2D eigenvalue weighted by atomic mass is 16.3. The van der Waals surface area contributed by atoms with Crippen LogP contribution < -0.4 is 0 Å². The highest BCUT2D eigenvalue weighted by Crippen LogP contribution is 2.63. The number of nitrogens with zero attached hydrogens (tertiary/aromatic N) is 2. The number of ketones is 2. The van der Waals surface area contributed by atoms with Crippen molar-refractivity contribution in [2.24, 2.45) is 23.7 Å². The van der Waals surface area contributed by atoms with Gasteiger partial charge in [0.2, 0.25) is 11.8 Å². The monoisotopic (exact) mass is 702 g/mol. The predicted molar refractivity (Wildman–Crippen MR) is 201 cm³/mol. The van der Waals surface area contributed by atoms with Crippen LogP contribution in [-0.2, 0) is 31.1 Å². The lowest BCUT2D eigenvalue weighted by Gasteiger charge is -2.55. The molecular weight excluding hydrogens is 661 g/mol. The van der Waals surface area contributed by atoms with Crippen molar-refractivity contribution in [1.29, 1.82) is 0 Å². The van der Waals surface area contributed by atoms with E-state index in [4.69, 9.17) is 0 Å². The minimum Gasteiger partial charge on any atom is -0.508 e. The second-order valence-corrected chi connectivity index (χ2v) is 15.4. The van der Waals surface area contributed by atoms with Gasteiger partial charge in [-0.2, -0.15) is 0 Å². The summed E-state index contributed by atoms with van der Waals surface area (Å²) in [4.78, 5) is 63.2. The second-order valence-electron chi connectivity index (χ2n) is 15.4. The fourth-order valence-electron chi connectivity index (χ4n) is 10.5. The van der Waals surface area contributed by atoms with Crippen LogP contribution in [0, 0.1) is 23.7 Å². The number of hydrogen-bond acceptors (Lipinski definition) is 6. The Kier molecular flexibility index (Phi) is 8.34. The molecule has 9 rings (SSSR count). The molecule has 4 aromatic carbocycles. The lowest BCUT2D eigenvalue weighted by atomic mass is 9.44. The van der Waals surface area contributed by atoms with Crippen LogP contribution in [-0.4, -0.2) is 57.4 Å². The molecule has 2 aliphatic heterocycles. The third kappa shape index (κ3) is 5.35. The van der Waals surface area contributed by atoms with Gasteiger partial charge in [0.15, 0.2) is 11.6 Å². The lowest BCUT2D eigenvalue weighted by molar-refractivity contribution is -0.144. The normalized spacial score (nSPS) is 28.9. The molecule has 0 spiro atoms. The minimum atomic E-state index is -1.28. The number of phenols is 1. The van der Waals surface area contributed by atoms with Crippen LogP contribution in [0.3, 0.4) is 0 Å². The number of rotatable bonds is 6. The summed E-state index contributed by atoms with van der Waals surface area (Å²) in [6.07, 6.45) is 5.79. The Morgan fingerprint density at radius 1 is 0.717 bits per heavy atom. The van der Waals surface area contributed by atoms with Gasteiger partial charge < -0.3 is 5.11 Å². The molecule has 266 valence electrons. The van der Waals surface area contributed by atoms with E-state index < -0.39 is 35.0 Å². The number of piperidine rings is 1. The quantitative estimate of drug-likeness (QED) is 0.174. The first-order chi connectivity index (χ1) is 25.9. The van der Waals surface area contributed by atoms with Crippen LogP contribution in [0.15, 0.2) is 133 Å². The Balaban J connectivity index is 1.11. The summed E-state index contributed by atoms with van der Waals surface area (Å²) in [5.41, 5.74) is 3.53. The van der Waals surface area contributed by atoms with Crippen molar-refractivity contribution < 1.29 is 24.3 Å². The van der Waals surface area contributed by atoms with Crippen molar-refractivity contribution in [3.8, 4) is 5.75 Å². The molecule has 7 nitrogen and oxygen atoms in total. The molecule has 5 aliphatic rings. The van der Waals surface area contributed by atoms with Crippen LogP contribution >= 0.6 is 0 Å².